The van der Waals surface area contributed by atoms with Gasteiger partial charge < -0.3 is 10.1 Å². The maximum Gasteiger partial charge on any atom is 0.252 e. The van der Waals surface area contributed by atoms with Gasteiger partial charge in [-0.2, -0.15) is 0 Å². The molecule has 1 aromatic heterocycles. The van der Waals surface area contributed by atoms with Crippen LogP contribution in [0.2, 0.25) is 5.02 Å². The number of nitrogens with one attached hydrogen (secondary N) is 1. The van der Waals surface area contributed by atoms with Gasteiger partial charge in [0.15, 0.2) is 0 Å². The van der Waals surface area contributed by atoms with Crippen LogP contribution in [0.5, 0.6) is 0 Å². The number of carbonyl (C=O) groups is 1. The van der Waals surface area contributed by atoms with E-state index >= 15 is 0 Å². The molecule has 1 aromatic carbocycles. The minimum atomic E-state index is -0.0594. The lowest BCUT2D eigenvalue weighted by atomic mass is 9.73. The minimum absolute atomic E-state index is 0.0460. The van der Waals surface area contributed by atoms with E-state index in [-0.39, 0.29) is 17.6 Å². The van der Waals surface area contributed by atoms with Crippen LogP contribution in [0.4, 0.5) is 0 Å². The highest BCUT2D eigenvalue weighted by molar-refractivity contribution is 6.31. The molecule has 6 heteroatoms. The van der Waals surface area contributed by atoms with Crippen molar-refractivity contribution in [3.05, 3.63) is 64.9 Å². The summed E-state index contributed by atoms with van der Waals surface area (Å²) in [5.41, 5.74) is 1.72. The third-order valence-electron chi connectivity index (χ3n) is 6.63. The van der Waals surface area contributed by atoms with E-state index in [1.807, 2.05) is 18.2 Å². The van der Waals surface area contributed by atoms with Crippen molar-refractivity contribution in [3.8, 4) is 0 Å². The van der Waals surface area contributed by atoms with E-state index in [9.17, 15) is 4.79 Å². The van der Waals surface area contributed by atoms with Gasteiger partial charge in [-0.1, -0.05) is 29.8 Å². The first-order valence-electron chi connectivity index (χ1n) is 9.96. The molecule has 5 rings (SSSR count). The minimum Gasteiger partial charge on any atom is -0.370 e. The summed E-state index contributed by atoms with van der Waals surface area (Å²) in [4.78, 5) is 18.9. The average Bonchev–Trinajstić information content (AvgIpc) is 3.37. The summed E-state index contributed by atoms with van der Waals surface area (Å²) in [6.45, 7) is 3.45. The summed E-state index contributed by atoms with van der Waals surface area (Å²) in [5, 5.41) is 3.93. The SMILES string of the molecule is O=C(NC[C@H]1[C@H]2CN(Cc3ccccc3Cl)C[C@]23CC[C@H]1O3)c1cccnc1. The Morgan fingerprint density at radius 3 is 3.04 bits per heavy atom. The number of rotatable bonds is 5. The molecule has 3 aliphatic heterocycles. The Labute approximate surface area is 170 Å². The molecule has 3 fully saturated rings. The number of likely N-dealkylation sites (tertiary alicyclic amines) is 1. The van der Waals surface area contributed by atoms with Crippen molar-refractivity contribution in [2.75, 3.05) is 19.6 Å². The van der Waals surface area contributed by atoms with E-state index in [1.165, 1.54) is 0 Å². The third kappa shape index (κ3) is 3.11. The van der Waals surface area contributed by atoms with Gasteiger partial charge in [0.1, 0.15) is 0 Å². The molecular weight excluding hydrogens is 374 g/mol. The summed E-state index contributed by atoms with van der Waals surface area (Å²) in [6.07, 6.45) is 5.76. The van der Waals surface area contributed by atoms with Gasteiger partial charge in [-0.05, 0) is 36.6 Å². The van der Waals surface area contributed by atoms with Crippen molar-refractivity contribution in [1.29, 1.82) is 0 Å². The fourth-order valence-electron chi connectivity index (χ4n) is 5.36. The van der Waals surface area contributed by atoms with Crippen LogP contribution in [0.1, 0.15) is 28.8 Å². The normalized spacial score (nSPS) is 31.1. The van der Waals surface area contributed by atoms with E-state index in [4.69, 9.17) is 16.3 Å². The number of hydrogen-bond donors (Lipinski definition) is 1. The van der Waals surface area contributed by atoms with Crippen molar-refractivity contribution in [2.24, 2.45) is 11.8 Å². The molecular formula is C22H24ClN3O2. The fourth-order valence-corrected chi connectivity index (χ4v) is 5.55. The Kier molecular flexibility index (Phi) is 4.62. The number of benzene rings is 1. The summed E-state index contributed by atoms with van der Waals surface area (Å²) < 4.78 is 6.49. The van der Waals surface area contributed by atoms with Crippen molar-refractivity contribution < 1.29 is 9.53 Å². The first-order chi connectivity index (χ1) is 13.6. The number of nitrogens with zero attached hydrogens (tertiary/aromatic N) is 2. The molecule has 4 atom stereocenters. The number of ether oxygens (including phenoxy) is 1. The Morgan fingerprint density at radius 2 is 2.21 bits per heavy atom. The number of fused-ring (bicyclic) bond motifs is 1. The van der Waals surface area contributed by atoms with Crippen LogP contribution in [-0.2, 0) is 11.3 Å². The van der Waals surface area contributed by atoms with Crippen LogP contribution in [0.3, 0.4) is 0 Å². The smallest absolute Gasteiger partial charge is 0.252 e. The molecule has 0 aliphatic carbocycles. The molecule has 2 bridgehead atoms. The lowest BCUT2D eigenvalue weighted by molar-refractivity contribution is 0.00212. The van der Waals surface area contributed by atoms with Crippen LogP contribution in [0, 0.1) is 11.8 Å². The zero-order valence-corrected chi connectivity index (χ0v) is 16.4. The second-order valence-electron chi connectivity index (χ2n) is 8.24. The fraction of sp³-hybridized carbons (Fsp3) is 0.455. The first-order valence-corrected chi connectivity index (χ1v) is 10.3. The highest BCUT2D eigenvalue weighted by Crippen LogP contribution is 2.54. The van der Waals surface area contributed by atoms with Crippen LogP contribution in [0.25, 0.3) is 0 Å². The zero-order chi connectivity index (χ0) is 19.1. The standard InChI is InChI=1S/C22H24ClN3O2/c23-19-6-2-1-4-16(19)12-26-13-18-17(20-7-8-22(18,14-26)28-20)11-25-21(27)15-5-3-9-24-10-15/h1-6,9-10,17-18,20H,7-8,11-14H2,(H,25,27)/t17-,18+,20+,22+/m0/s1. The topological polar surface area (TPSA) is 54.5 Å². The predicted molar refractivity (Wildman–Crippen MR) is 107 cm³/mol. The highest BCUT2D eigenvalue weighted by atomic mass is 35.5. The highest BCUT2D eigenvalue weighted by Gasteiger charge is 2.62. The number of amides is 1. The largest absolute Gasteiger partial charge is 0.370 e. The van der Waals surface area contributed by atoms with E-state index in [1.54, 1.807) is 24.5 Å². The number of carbonyl (C=O) groups excluding carboxylic acids is 1. The molecule has 0 saturated carbocycles. The lowest BCUT2D eigenvalue weighted by Gasteiger charge is -2.29. The van der Waals surface area contributed by atoms with Crippen LogP contribution >= 0.6 is 11.6 Å². The number of aromatic nitrogens is 1. The second kappa shape index (κ2) is 7.14. The Bertz CT molecular complexity index is 877. The van der Waals surface area contributed by atoms with Crippen LogP contribution in [-0.4, -0.2) is 47.1 Å². The zero-order valence-electron chi connectivity index (χ0n) is 15.7. The lowest BCUT2D eigenvalue weighted by Crippen LogP contribution is -2.41. The molecule has 4 heterocycles. The van der Waals surface area contributed by atoms with Crippen molar-refractivity contribution >= 4 is 17.5 Å². The van der Waals surface area contributed by atoms with Gasteiger partial charge in [-0.25, -0.2) is 0 Å². The predicted octanol–water partition coefficient (Wildman–Crippen LogP) is 3.14. The monoisotopic (exact) mass is 397 g/mol. The van der Waals surface area contributed by atoms with Gasteiger partial charge in [0.25, 0.3) is 5.91 Å². The van der Waals surface area contributed by atoms with E-state index in [0.29, 0.717) is 23.9 Å². The van der Waals surface area contributed by atoms with Gasteiger partial charge >= 0.3 is 0 Å². The molecule has 0 unspecified atom stereocenters. The number of halogens is 1. The van der Waals surface area contributed by atoms with Gasteiger partial charge in [-0.15, -0.1) is 0 Å². The van der Waals surface area contributed by atoms with Crippen LogP contribution < -0.4 is 5.32 Å². The molecule has 28 heavy (non-hydrogen) atoms. The summed E-state index contributed by atoms with van der Waals surface area (Å²) in [7, 11) is 0. The second-order valence-corrected chi connectivity index (χ2v) is 8.65. The summed E-state index contributed by atoms with van der Waals surface area (Å²) in [5.74, 6) is 0.768. The van der Waals surface area contributed by atoms with Gasteiger partial charge in [0.2, 0.25) is 0 Å². The number of hydrogen-bond acceptors (Lipinski definition) is 4. The maximum absolute atomic E-state index is 12.4. The molecule has 1 spiro atoms. The Balaban J connectivity index is 1.26. The van der Waals surface area contributed by atoms with Gasteiger partial charge in [0, 0.05) is 55.4 Å². The van der Waals surface area contributed by atoms with Crippen molar-refractivity contribution in [2.45, 2.75) is 31.1 Å². The summed E-state index contributed by atoms with van der Waals surface area (Å²) in [6, 6.07) is 11.6. The van der Waals surface area contributed by atoms with Gasteiger partial charge in [-0.3, -0.25) is 14.7 Å². The quantitative estimate of drug-likeness (QED) is 0.842. The molecule has 3 saturated heterocycles. The van der Waals surface area contributed by atoms with Crippen molar-refractivity contribution in [3.63, 3.8) is 0 Å². The average molecular weight is 398 g/mol. The summed E-state index contributed by atoms with van der Waals surface area (Å²) >= 11 is 6.36. The van der Waals surface area contributed by atoms with E-state index < -0.39 is 0 Å². The molecule has 1 N–H and O–H groups in total. The molecule has 0 radical (unpaired) electrons. The third-order valence-corrected chi connectivity index (χ3v) is 7.00. The Hall–Kier alpha value is -1.95. The maximum atomic E-state index is 12.4. The Morgan fingerprint density at radius 1 is 1.32 bits per heavy atom. The number of pyridine rings is 1. The molecule has 5 nitrogen and oxygen atoms in total. The van der Waals surface area contributed by atoms with Crippen LogP contribution in [0.15, 0.2) is 48.8 Å². The molecule has 1 amide bonds. The molecule has 2 aromatic rings. The van der Waals surface area contributed by atoms with E-state index in [0.717, 1.165) is 43.1 Å². The first kappa shape index (κ1) is 18.1. The van der Waals surface area contributed by atoms with Crippen molar-refractivity contribution in [1.82, 2.24) is 15.2 Å². The molecule has 146 valence electrons. The van der Waals surface area contributed by atoms with E-state index in [2.05, 4.69) is 21.3 Å². The van der Waals surface area contributed by atoms with Gasteiger partial charge in [0.05, 0.1) is 17.3 Å². The molecule has 3 aliphatic rings.